The van der Waals surface area contributed by atoms with Gasteiger partial charge in [0.05, 0.1) is 5.02 Å². The summed E-state index contributed by atoms with van der Waals surface area (Å²) < 4.78 is 5.50. The Bertz CT molecular complexity index is 752. The molecule has 0 unspecified atom stereocenters. The van der Waals surface area contributed by atoms with Gasteiger partial charge in [0.2, 0.25) is 0 Å². The van der Waals surface area contributed by atoms with Crippen LogP contribution in [0.3, 0.4) is 0 Å². The minimum Gasteiger partial charge on any atom is -0.480 e. The zero-order valence-electron chi connectivity index (χ0n) is 13.4. The van der Waals surface area contributed by atoms with E-state index in [1.54, 1.807) is 24.3 Å². The molecule has 0 saturated heterocycles. The van der Waals surface area contributed by atoms with Crippen molar-refractivity contribution in [2.75, 3.05) is 0 Å². The molecule has 25 heavy (non-hydrogen) atoms. The fourth-order valence-corrected chi connectivity index (χ4v) is 2.61. The van der Waals surface area contributed by atoms with Gasteiger partial charge in [-0.1, -0.05) is 53.5 Å². The fourth-order valence-electron chi connectivity index (χ4n) is 2.15. The number of benzene rings is 2. The van der Waals surface area contributed by atoms with Crippen molar-refractivity contribution in [3.8, 4) is 5.75 Å². The van der Waals surface area contributed by atoms with Gasteiger partial charge in [0, 0.05) is 11.4 Å². The van der Waals surface area contributed by atoms with Crippen molar-refractivity contribution in [2.24, 2.45) is 0 Å². The highest BCUT2D eigenvalue weighted by molar-refractivity contribution is 6.35. The first kappa shape index (κ1) is 19.1. The highest BCUT2D eigenvalue weighted by Gasteiger charge is 2.24. The Hall–Kier alpha value is -2.24. The lowest BCUT2D eigenvalue weighted by Gasteiger charge is -2.19. The molecule has 0 radical (unpaired) electrons. The lowest BCUT2D eigenvalue weighted by atomic mass is 10.1. The third-order valence-electron chi connectivity index (χ3n) is 3.46. The van der Waals surface area contributed by atoms with Gasteiger partial charge in [-0.05, 0) is 30.7 Å². The number of carbonyl (C=O) groups is 2. The first-order valence-electron chi connectivity index (χ1n) is 7.55. The lowest BCUT2D eigenvalue weighted by molar-refractivity contribution is -0.142. The van der Waals surface area contributed by atoms with E-state index < -0.39 is 24.0 Å². The molecule has 0 heterocycles. The van der Waals surface area contributed by atoms with Gasteiger partial charge >= 0.3 is 5.97 Å². The van der Waals surface area contributed by atoms with Gasteiger partial charge in [-0.15, -0.1) is 0 Å². The van der Waals surface area contributed by atoms with E-state index in [-0.39, 0.29) is 11.4 Å². The molecule has 7 heteroatoms. The van der Waals surface area contributed by atoms with E-state index >= 15 is 0 Å². The molecule has 0 saturated carbocycles. The van der Waals surface area contributed by atoms with E-state index in [9.17, 15) is 14.7 Å². The van der Waals surface area contributed by atoms with E-state index in [1.165, 1.54) is 13.0 Å². The van der Waals surface area contributed by atoms with Crippen molar-refractivity contribution < 1.29 is 19.4 Å². The summed E-state index contributed by atoms with van der Waals surface area (Å²) in [6.07, 6.45) is -0.743. The van der Waals surface area contributed by atoms with Crippen LogP contribution >= 0.6 is 23.2 Å². The summed E-state index contributed by atoms with van der Waals surface area (Å²) in [5.74, 6) is -1.37. The molecule has 0 fully saturated rings. The number of hydrogen-bond donors (Lipinski definition) is 2. The second kappa shape index (κ2) is 8.74. The molecule has 2 rings (SSSR count). The van der Waals surface area contributed by atoms with Crippen LogP contribution in [0.1, 0.15) is 12.5 Å². The summed E-state index contributed by atoms with van der Waals surface area (Å²) in [6.45, 7) is 1.52. The van der Waals surface area contributed by atoms with Gasteiger partial charge in [-0.25, -0.2) is 4.79 Å². The molecule has 2 aromatic carbocycles. The highest BCUT2D eigenvalue weighted by Crippen LogP contribution is 2.28. The number of ether oxygens (including phenoxy) is 1. The summed E-state index contributed by atoms with van der Waals surface area (Å²) in [4.78, 5) is 23.7. The molecule has 0 bridgehead atoms. The molecule has 132 valence electrons. The van der Waals surface area contributed by atoms with Crippen LogP contribution in [0.25, 0.3) is 0 Å². The van der Waals surface area contributed by atoms with Crippen LogP contribution in [0.4, 0.5) is 0 Å². The molecule has 5 nitrogen and oxygen atoms in total. The number of rotatable bonds is 7. The number of carboxylic acids is 1. The zero-order valence-corrected chi connectivity index (χ0v) is 14.9. The smallest absolute Gasteiger partial charge is 0.326 e. The first-order chi connectivity index (χ1) is 11.9. The molecule has 0 aromatic heterocycles. The van der Waals surface area contributed by atoms with Gasteiger partial charge in [-0.3, -0.25) is 4.79 Å². The Morgan fingerprint density at radius 3 is 2.44 bits per heavy atom. The SMILES string of the molecule is C[C@H](Oc1ccc(Cl)cc1Cl)C(=O)N[C@H](Cc1ccccc1)C(=O)O. The Morgan fingerprint density at radius 1 is 1.16 bits per heavy atom. The summed E-state index contributed by atoms with van der Waals surface area (Å²) in [6, 6.07) is 12.6. The molecule has 0 aliphatic rings. The lowest BCUT2D eigenvalue weighted by Crippen LogP contribution is -2.47. The van der Waals surface area contributed by atoms with Crippen molar-refractivity contribution in [3.05, 3.63) is 64.1 Å². The maximum absolute atomic E-state index is 12.3. The van der Waals surface area contributed by atoms with Crippen LogP contribution in [0.5, 0.6) is 5.75 Å². The molecular weight excluding hydrogens is 365 g/mol. The second-order valence-electron chi connectivity index (χ2n) is 5.42. The van der Waals surface area contributed by atoms with Crippen molar-refractivity contribution >= 4 is 35.1 Å². The Balaban J connectivity index is 2.01. The second-order valence-corrected chi connectivity index (χ2v) is 6.27. The summed E-state index contributed by atoms with van der Waals surface area (Å²) in [7, 11) is 0. The Kier molecular flexibility index (Phi) is 6.67. The Morgan fingerprint density at radius 2 is 1.84 bits per heavy atom. The Labute approximate surface area is 155 Å². The number of aliphatic carboxylic acids is 1. The van der Waals surface area contributed by atoms with Gasteiger partial charge < -0.3 is 15.2 Å². The monoisotopic (exact) mass is 381 g/mol. The van der Waals surface area contributed by atoms with E-state index in [0.717, 1.165) is 5.56 Å². The molecule has 2 N–H and O–H groups in total. The largest absolute Gasteiger partial charge is 0.480 e. The summed E-state index contributed by atoms with van der Waals surface area (Å²) in [5, 5.41) is 12.5. The molecule has 1 amide bonds. The maximum atomic E-state index is 12.3. The third-order valence-corrected chi connectivity index (χ3v) is 3.99. The van der Waals surface area contributed by atoms with Gasteiger partial charge in [0.15, 0.2) is 6.10 Å². The van der Waals surface area contributed by atoms with Crippen LogP contribution < -0.4 is 10.1 Å². The maximum Gasteiger partial charge on any atom is 0.326 e. The van der Waals surface area contributed by atoms with Gasteiger partial charge in [0.25, 0.3) is 5.91 Å². The normalized spacial score (nSPS) is 12.9. The van der Waals surface area contributed by atoms with Crippen molar-refractivity contribution in [2.45, 2.75) is 25.5 Å². The van der Waals surface area contributed by atoms with E-state index in [1.807, 2.05) is 18.2 Å². The average Bonchev–Trinajstić information content (AvgIpc) is 2.57. The number of amides is 1. The molecule has 2 aromatic rings. The predicted molar refractivity (Wildman–Crippen MR) is 96.3 cm³/mol. The van der Waals surface area contributed by atoms with Crippen LogP contribution in [0.2, 0.25) is 10.0 Å². The fraction of sp³-hybridized carbons (Fsp3) is 0.222. The number of carbonyl (C=O) groups excluding carboxylic acids is 1. The molecule has 0 spiro atoms. The third kappa shape index (κ3) is 5.66. The minimum atomic E-state index is -1.12. The van der Waals surface area contributed by atoms with E-state index in [2.05, 4.69) is 5.32 Å². The van der Waals surface area contributed by atoms with Crippen LogP contribution in [0.15, 0.2) is 48.5 Å². The van der Waals surface area contributed by atoms with Crippen molar-refractivity contribution in [3.63, 3.8) is 0 Å². The number of carboxylic acid groups (broad SMARTS) is 1. The molecule has 2 atom stereocenters. The van der Waals surface area contributed by atoms with Gasteiger partial charge in [-0.2, -0.15) is 0 Å². The van der Waals surface area contributed by atoms with Crippen LogP contribution in [-0.4, -0.2) is 29.1 Å². The van der Waals surface area contributed by atoms with Crippen molar-refractivity contribution in [1.29, 1.82) is 0 Å². The molecule has 0 aliphatic heterocycles. The first-order valence-corrected chi connectivity index (χ1v) is 8.31. The van der Waals surface area contributed by atoms with Crippen LogP contribution in [-0.2, 0) is 16.0 Å². The summed E-state index contributed by atoms with van der Waals surface area (Å²) in [5.41, 5.74) is 0.810. The number of halogens is 2. The highest BCUT2D eigenvalue weighted by atomic mass is 35.5. The van der Waals surface area contributed by atoms with E-state index in [4.69, 9.17) is 27.9 Å². The van der Waals surface area contributed by atoms with Crippen LogP contribution in [0, 0.1) is 0 Å². The topological polar surface area (TPSA) is 75.6 Å². The van der Waals surface area contributed by atoms with Gasteiger partial charge in [0.1, 0.15) is 11.8 Å². The molecule has 0 aliphatic carbocycles. The number of nitrogens with one attached hydrogen (secondary N) is 1. The minimum absolute atomic E-state index is 0.177. The summed E-state index contributed by atoms with van der Waals surface area (Å²) >= 11 is 11.8. The van der Waals surface area contributed by atoms with Crippen molar-refractivity contribution in [1.82, 2.24) is 5.32 Å². The zero-order chi connectivity index (χ0) is 18.4. The standard InChI is InChI=1S/C18H17Cl2NO4/c1-11(25-16-8-7-13(19)10-14(16)20)17(22)21-15(18(23)24)9-12-5-3-2-4-6-12/h2-8,10-11,15H,9H2,1H3,(H,21,22)(H,23,24)/t11-,15+/m0/s1. The van der Waals surface area contributed by atoms with E-state index in [0.29, 0.717) is 10.8 Å². The predicted octanol–water partition coefficient (Wildman–Crippen LogP) is 3.57. The number of hydrogen-bond acceptors (Lipinski definition) is 3. The molecular formula is C18H17Cl2NO4. The quantitative estimate of drug-likeness (QED) is 0.768. The average molecular weight is 382 g/mol.